The van der Waals surface area contributed by atoms with Gasteiger partial charge in [-0.1, -0.05) is 24.3 Å². The lowest BCUT2D eigenvalue weighted by atomic mass is 9.82. The van der Waals surface area contributed by atoms with Crippen LogP contribution in [0.15, 0.2) is 72.8 Å². The summed E-state index contributed by atoms with van der Waals surface area (Å²) in [5.41, 5.74) is 14.8. The van der Waals surface area contributed by atoms with E-state index in [4.69, 9.17) is 20.9 Å². The first-order chi connectivity index (χ1) is 15.5. The summed E-state index contributed by atoms with van der Waals surface area (Å²) in [6.45, 7) is 0. The summed E-state index contributed by atoms with van der Waals surface area (Å²) < 4.78 is 11.0. The Kier molecular flexibility index (Phi) is 6.40. The Morgan fingerprint density at radius 1 is 0.562 bits per heavy atom. The molecule has 1 fully saturated rings. The van der Waals surface area contributed by atoms with Gasteiger partial charge in [0, 0.05) is 11.4 Å². The average Bonchev–Trinajstić information content (AvgIpc) is 2.82. The van der Waals surface area contributed by atoms with Gasteiger partial charge in [0.2, 0.25) is 0 Å². The Hall–Kier alpha value is -3.80. The summed E-state index contributed by atoms with van der Waals surface area (Å²) >= 11 is 0. The van der Waals surface area contributed by atoms with E-state index in [2.05, 4.69) is 0 Å². The van der Waals surface area contributed by atoms with Gasteiger partial charge in [0.05, 0.1) is 11.8 Å². The minimum Gasteiger partial charge on any atom is -0.426 e. The van der Waals surface area contributed by atoms with Gasteiger partial charge in [-0.15, -0.1) is 0 Å². The van der Waals surface area contributed by atoms with Gasteiger partial charge in [-0.25, -0.2) is 0 Å². The summed E-state index contributed by atoms with van der Waals surface area (Å²) in [6.07, 6.45) is 2.40. The molecule has 0 aliphatic heterocycles. The van der Waals surface area contributed by atoms with Gasteiger partial charge in [0.25, 0.3) is 0 Å². The molecule has 0 spiro atoms. The van der Waals surface area contributed by atoms with Crippen LogP contribution < -0.4 is 20.9 Å². The quantitative estimate of drug-likeness (QED) is 0.341. The SMILES string of the molecule is Nc1ccc(OC(=O)C2CCC(C(=O)Oc3ccc(-c4ccc(N)cc4)cc3)CC2)cc1. The van der Waals surface area contributed by atoms with Crippen LogP contribution in [0.2, 0.25) is 0 Å². The Morgan fingerprint density at radius 2 is 0.875 bits per heavy atom. The molecule has 0 atom stereocenters. The van der Waals surface area contributed by atoms with Crippen molar-refractivity contribution in [3.8, 4) is 22.6 Å². The molecule has 1 aliphatic rings. The molecule has 1 saturated carbocycles. The highest BCUT2D eigenvalue weighted by atomic mass is 16.5. The third kappa shape index (κ3) is 5.27. The molecule has 0 aromatic heterocycles. The van der Waals surface area contributed by atoms with E-state index in [1.54, 1.807) is 36.4 Å². The van der Waals surface area contributed by atoms with Crippen molar-refractivity contribution in [2.75, 3.05) is 11.5 Å². The molecule has 4 N–H and O–H groups in total. The van der Waals surface area contributed by atoms with Crippen LogP contribution in [0.1, 0.15) is 25.7 Å². The molecule has 3 aromatic rings. The van der Waals surface area contributed by atoms with Crippen LogP contribution in [0.4, 0.5) is 11.4 Å². The van der Waals surface area contributed by atoms with Crippen LogP contribution in [0.5, 0.6) is 11.5 Å². The molecule has 1 aliphatic carbocycles. The van der Waals surface area contributed by atoms with E-state index in [1.807, 2.05) is 36.4 Å². The first kappa shape index (κ1) is 21.4. The number of rotatable bonds is 5. The van der Waals surface area contributed by atoms with Gasteiger partial charge >= 0.3 is 11.9 Å². The van der Waals surface area contributed by atoms with Crippen molar-refractivity contribution in [3.63, 3.8) is 0 Å². The van der Waals surface area contributed by atoms with Crippen LogP contribution in [-0.4, -0.2) is 11.9 Å². The van der Waals surface area contributed by atoms with Crippen molar-refractivity contribution in [1.29, 1.82) is 0 Å². The van der Waals surface area contributed by atoms with Crippen molar-refractivity contribution in [2.45, 2.75) is 25.7 Å². The molecule has 0 unspecified atom stereocenters. The van der Waals surface area contributed by atoms with Crippen LogP contribution in [0, 0.1) is 11.8 Å². The van der Waals surface area contributed by atoms with Crippen LogP contribution >= 0.6 is 0 Å². The average molecular weight is 431 g/mol. The van der Waals surface area contributed by atoms with Gasteiger partial charge in [-0.05, 0) is 85.3 Å². The normalized spacial score (nSPS) is 18.0. The number of esters is 2. The van der Waals surface area contributed by atoms with E-state index in [1.165, 1.54) is 0 Å². The van der Waals surface area contributed by atoms with Crippen molar-refractivity contribution in [3.05, 3.63) is 72.8 Å². The highest BCUT2D eigenvalue weighted by Crippen LogP contribution is 2.32. The number of anilines is 2. The van der Waals surface area contributed by atoms with Crippen molar-refractivity contribution < 1.29 is 19.1 Å². The number of hydrogen-bond donors (Lipinski definition) is 2. The smallest absolute Gasteiger partial charge is 0.314 e. The lowest BCUT2D eigenvalue weighted by Gasteiger charge is -2.25. The van der Waals surface area contributed by atoms with Crippen molar-refractivity contribution in [1.82, 2.24) is 0 Å². The van der Waals surface area contributed by atoms with Crippen LogP contribution in [0.3, 0.4) is 0 Å². The second-order valence-electron chi connectivity index (χ2n) is 8.11. The topological polar surface area (TPSA) is 105 Å². The Bertz CT molecular complexity index is 1070. The van der Waals surface area contributed by atoms with E-state index < -0.39 is 0 Å². The number of nitrogens with two attached hydrogens (primary N) is 2. The number of carbonyl (C=O) groups is 2. The van der Waals surface area contributed by atoms with Crippen LogP contribution in [-0.2, 0) is 9.59 Å². The van der Waals surface area contributed by atoms with E-state index in [0.717, 1.165) is 11.1 Å². The largest absolute Gasteiger partial charge is 0.426 e. The molecular formula is C26H26N2O4. The molecule has 4 rings (SSSR count). The number of benzene rings is 3. The Morgan fingerprint density at radius 3 is 1.28 bits per heavy atom. The summed E-state index contributed by atoms with van der Waals surface area (Å²) in [5, 5.41) is 0. The number of ether oxygens (including phenoxy) is 2. The van der Waals surface area contributed by atoms with Gasteiger partial charge < -0.3 is 20.9 Å². The van der Waals surface area contributed by atoms with Gasteiger partial charge in [0.1, 0.15) is 11.5 Å². The molecule has 32 heavy (non-hydrogen) atoms. The molecule has 0 radical (unpaired) electrons. The van der Waals surface area contributed by atoms with E-state index in [9.17, 15) is 9.59 Å². The Labute approximate surface area is 187 Å². The summed E-state index contributed by atoms with van der Waals surface area (Å²) in [5.74, 6) is 0.0470. The lowest BCUT2D eigenvalue weighted by Crippen LogP contribution is -2.30. The predicted molar refractivity (Wildman–Crippen MR) is 124 cm³/mol. The zero-order valence-electron chi connectivity index (χ0n) is 17.7. The summed E-state index contributed by atoms with van der Waals surface area (Å²) in [4.78, 5) is 25.0. The maximum Gasteiger partial charge on any atom is 0.314 e. The number of nitrogen functional groups attached to an aromatic ring is 2. The molecule has 0 amide bonds. The molecule has 3 aromatic carbocycles. The molecule has 0 saturated heterocycles. The fraction of sp³-hybridized carbons (Fsp3) is 0.231. The Balaban J connectivity index is 1.27. The highest BCUT2D eigenvalue weighted by Gasteiger charge is 2.32. The van der Waals surface area contributed by atoms with Crippen LogP contribution in [0.25, 0.3) is 11.1 Å². The maximum atomic E-state index is 12.6. The van der Waals surface area contributed by atoms with Gasteiger partial charge in [0.15, 0.2) is 0 Å². The van der Waals surface area contributed by atoms with Gasteiger partial charge in [-0.3, -0.25) is 9.59 Å². The van der Waals surface area contributed by atoms with E-state index in [-0.39, 0.29) is 23.8 Å². The zero-order valence-corrected chi connectivity index (χ0v) is 17.7. The van der Waals surface area contributed by atoms with Gasteiger partial charge in [-0.2, -0.15) is 0 Å². The highest BCUT2D eigenvalue weighted by molar-refractivity contribution is 5.78. The minimum absolute atomic E-state index is 0.212. The molecule has 164 valence electrons. The van der Waals surface area contributed by atoms with E-state index >= 15 is 0 Å². The zero-order chi connectivity index (χ0) is 22.5. The number of hydrogen-bond acceptors (Lipinski definition) is 6. The lowest BCUT2D eigenvalue weighted by molar-refractivity contribution is -0.145. The standard InChI is InChI=1S/C26H26N2O4/c27-21-9-5-17(6-10-21)18-7-13-23(14-8-18)31-25(29)19-1-3-20(4-2-19)26(30)32-24-15-11-22(28)12-16-24/h5-16,19-20H,1-4,27-28H2. The predicted octanol–water partition coefficient (Wildman–Crippen LogP) is 4.84. The fourth-order valence-electron chi connectivity index (χ4n) is 3.89. The summed E-state index contributed by atoms with van der Waals surface area (Å²) in [7, 11) is 0. The number of carbonyl (C=O) groups excluding carboxylic acids is 2. The summed E-state index contributed by atoms with van der Waals surface area (Å²) in [6, 6.07) is 21.8. The first-order valence-corrected chi connectivity index (χ1v) is 10.7. The molecule has 0 heterocycles. The monoisotopic (exact) mass is 430 g/mol. The molecule has 6 nitrogen and oxygen atoms in total. The molecule has 0 bridgehead atoms. The molecular weight excluding hydrogens is 404 g/mol. The second kappa shape index (κ2) is 9.56. The third-order valence-electron chi connectivity index (χ3n) is 5.81. The first-order valence-electron chi connectivity index (χ1n) is 10.7. The van der Waals surface area contributed by atoms with Crippen molar-refractivity contribution in [2.24, 2.45) is 11.8 Å². The third-order valence-corrected chi connectivity index (χ3v) is 5.81. The van der Waals surface area contributed by atoms with Crippen molar-refractivity contribution >= 4 is 23.3 Å². The second-order valence-corrected chi connectivity index (χ2v) is 8.11. The van der Waals surface area contributed by atoms with E-state index in [0.29, 0.717) is 48.6 Å². The minimum atomic E-state index is -0.264. The fourth-order valence-corrected chi connectivity index (χ4v) is 3.89. The molecule has 6 heteroatoms. The maximum absolute atomic E-state index is 12.6.